The number of ether oxygens (including phenoxy) is 5. The van der Waals surface area contributed by atoms with Gasteiger partial charge >= 0.3 is 0 Å². The molecule has 10 nitrogen and oxygen atoms in total. The maximum Gasteiger partial charge on any atom is 0.166 e. The molecule has 0 atom stereocenters. The molecule has 452 valence electrons. The van der Waals surface area contributed by atoms with Crippen LogP contribution in [0.25, 0.3) is 0 Å². The van der Waals surface area contributed by atoms with Crippen molar-refractivity contribution in [3.63, 3.8) is 0 Å². The number of benzene rings is 8. The summed E-state index contributed by atoms with van der Waals surface area (Å²) in [7, 11) is 8.88. The normalized spacial score (nSPS) is 13.1. The van der Waals surface area contributed by atoms with E-state index >= 15 is 0 Å². The van der Waals surface area contributed by atoms with E-state index in [0.29, 0.717) is 48.4 Å². The molecule has 8 aromatic carbocycles. The minimum atomic E-state index is -0.341. The van der Waals surface area contributed by atoms with E-state index in [2.05, 4.69) is 281 Å². The molecule has 10 bridgehead atoms. The molecule has 1 aliphatic rings. The van der Waals surface area contributed by atoms with Crippen molar-refractivity contribution >= 4 is 56.9 Å². The highest BCUT2D eigenvalue weighted by Crippen LogP contribution is 2.56. The Kier molecular flexibility index (Phi) is 17.6. The van der Waals surface area contributed by atoms with Crippen molar-refractivity contribution in [3.8, 4) is 28.7 Å². The molecule has 0 fully saturated rings. The number of methoxy groups -OCH3 is 5. The lowest BCUT2D eigenvalue weighted by Crippen LogP contribution is -2.26. The molecule has 0 saturated heterocycles. The average molecular weight is 1160 g/mol. The first-order valence-electron chi connectivity index (χ1n) is 30.2. The van der Waals surface area contributed by atoms with E-state index in [0.717, 1.165) is 101 Å². The molecule has 10 heteroatoms. The molecule has 0 spiro atoms. The zero-order valence-electron chi connectivity index (χ0n) is 54.9. The minimum absolute atomic E-state index is 0.288. The maximum absolute atomic E-state index is 7.06. The van der Waals surface area contributed by atoms with Crippen molar-refractivity contribution in [1.82, 2.24) is 0 Å². The first-order chi connectivity index (χ1) is 40.6. The first kappa shape index (κ1) is 62.3. The molecule has 0 aromatic heterocycles. The molecule has 0 saturated carbocycles. The second kappa shape index (κ2) is 24.3. The predicted molar refractivity (Wildman–Crippen MR) is 362 cm³/mol. The molecule has 8 aromatic rings. The molecule has 0 aliphatic carbocycles. The molecule has 9 rings (SSSR count). The van der Waals surface area contributed by atoms with Gasteiger partial charge in [-0.2, -0.15) is 0 Å². The van der Waals surface area contributed by atoms with E-state index < -0.39 is 0 Å². The smallest absolute Gasteiger partial charge is 0.166 e. The van der Waals surface area contributed by atoms with Crippen LogP contribution in [-0.2, 0) is 46.7 Å². The summed E-state index contributed by atoms with van der Waals surface area (Å²) < 4.78 is 34.4. The summed E-state index contributed by atoms with van der Waals surface area (Å²) in [6.07, 6.45) is 0. The highest BCUT2D eigenvalue weighted by molar-refractivity contribution is 5.93. The van der Waals surface area contributed by atoms with Crippen molar-refractivity contribution in [3.05, 3.63) is 196 Å². The maximum atomic E-state index is 7.06. The van der Waals surface area contributed by atoms with E-state index in [9.17, 15) is 0 Å². The molecular formula is C76H93N5O5. The molecule has 1 aliphatic heterocycles. The van der Waals surface area contributed by atoms with Crippen LogP contribution < -0.4 is 49.0 Å². The zero-order chi connectivity index (χ0) is 62.3. The van der Waals surface area contributed by atoms with Gasteiger partial charge in [0.2, 0.25) is 0 Å². The SMILES string of the molecule is COc1c2cc(C(C)(C)C)cc1Nc1cc(C(C)(C)C)cc(c1OC)N(Cc1ccccc1)c1cc(C(C)(C)C)cc(c1OC)N(Cc1ccccc1)c1cc(C(C)(C)C)cc(c1OC)N(Cc1ccccc1)c1cc(C(C)(C)C)cc(c1OC)N2. The van der Waals surface area contributed by atoms with Gasteiger partial charge in [-0.1, -0.05) is 195 Å². The predicted octanol–water partition coefficient (Wildman–Crippen LogP) is 20.0. The van der Waals surface area contributed by atoms with E-state index in [1.165, 1.54) is 0 Å². The fourth-order valence-electron chi connectivity index (χ4n) is 11.3. The zero-order valence-corrected chi connectivity index (χ0v) is 54.9. The molecular weight excluding hydrogens is 1060 g/mol. The molecule has 0 radical (unpaired) electrons. The van der Waals surface area contributed by atoms with E-state index in [1.807, 2.05) is 0 Å². The van der Waals surface area contributed by atoms with Crippen LogP contribution >= 0.6 is 0 Å². The lowest BCUT2D eigenvalue weighted by Gasteiger charge is -2.38. The molecule has 1 heterocycles. The lowest BCUT2D eigenvalue weighted by atomic mass is 9.84. The number of nitrogens with one attached hydrogen (secondary N) is 2. The summed E-state index contributed by atoms with van der Waals surface area (Å²) in [5.74, 6) is 3.29. The Balaban J connectivity index is 1.56. The van der Waals surface area contributed by atoms with E-state index in [-0.39, 0.29) is 27.1 Å². The Morgan fingerprint density at radius 2 is 0.465 bits per heavy atom. The van der Waals surface area contributed by atoms with E-state index in [4.69, 9.17) is 23.7 Å². The summed E-state index contributed by atoms with van der Waals surface area (Å²) >= 11 is 0. The van der Waals surface area contributed by atoms with Gasteiger partial charge in [-0.3, -0.25) is 0 Å². The first-order valence-corrected chi connectivity index (χ1v) is 30.2. The number of rotatable bonds is 11. The summed E-state index contributed by atoms with van der Waals surface area (Å²) in [4.78, 5) is 7.20. The Labute approximate surface area is 514 Å². The van der Waals surface area contributed by atoms with Gasteiger partial charge in [-0.05, 0) is 132 Å². The van der Waals surface area contributed by atoms with Crippen LogP contribution in [0.3, 0.4) is 0 Å². The monoisotopic (exact) mass is 1160 g/mol. The highest BCUT2D eigenvalue weighted by atomic mass is 16.5. The van der Waals surface area contributed by atoms with Crippen molar-refractivity contribution < 1.29 is 23.7 Å². The highest BCUT2D eigenvalue weighted by Gasteiger charge is 2.35. The van der Waals surface area contributed by atoms with Crippen molar-refractivity contribution in [2.45, 2.75) is 151 Å². The van der Waals surface area contributed by atoms with Crippen LogP contribution in [0.2, 0.25) is 0 Å². The third-order valence-electron chi connectivity index (χ3n) is 16.5. The summed E-state index contributed by atoms with van der Waals surface area (Å²) in [5, 5.41) is 7.98. The van der Waals surface area contributed by atoms with Crippen LogP contribution in [0.5, 0.6) is 28.7 Å². The van der Waals surface area contributed by atoms with Gasteiger partial charge in [0.1, 0.15) is 0 Å². The second-order valence-corrected chi connectivity index (χ2v) is 28.1. The summed E-state index contributed by atoms with van der Waals surface area (Å²) in [6, 6.07) is 54.9. The Bertz CT molecular complexity index is 3480. The van der Waals surface area contributed by atoms with Crippen LogP contribution in [0, 0.1) is 0 Å². The van der Waals surface area contributed by atoms with Gasteiger partial charge in [-0.15, -0.1) is 0 Å². The number of anilines is 10. The largest absolute Gasteiger partial charge is 0.492 e. The van der Waals surface area contributed by atoms with Crippen LogP contribution in [0.15, 0.2) is 152 Å². The van der Waals surface area contributed by atoms with Gasteiger partial charge in [-0.25, -0.2) is 0 Å². The quantitative estimate of drug-likeness (QED) is 0.131. The Morgan fingerprint density at radius 3 is 0.686 bits per heavy atom. The lowest BCUT2D eigenvalue weighted by molar-refractivity contribution is 0.408. The fourth-order valence-corrected chi connectivity index (χ4v) is 11.3. The van der Waals surface area contributed by atoms with Gasteiger partial charge < -0.3 is 49.0 Å². The topological polar surface area (TPSA) is 79.9 Å². The Morgan fingerprint density at radius 1 is 0.267 bits per heavy atom. The average Bonchev–Trinajstić information content (AvgIpc) is 0.956. The van der Waals surface area contributed by atoms with Gasteiger partial charge in [0.05, 0.1) is 92.4 Å². The van der Waals surface area contributed by atoms with Crippen molar-refractivity contribution in [1.29, 1.82) is 0 Å². The molecule has 2 N–H and O–H groups in total. The van der Waals surface area contributed by atoms with Crippen molar-refractivity contribution in [2.75, 3.05) is 60.9 Å². The van der Waals surface area contributed by atoms with Gasteiger partial charge in [0.15, 0.2) is 28.7 Å². The summed E-state index contributed by atoms with van der Waals surface area (Å²) in [5.41, 5.74) is 15.5. The molecule has 86 heavy (non-hydrogen) atoms. The second-order valence-electron chi connectivity index (χ2n) is 28.1. The van der Waals surface area contributed by atoms with E-state index in [1.54, 1.807) is 35.5 Å². The van der Waals surface area contributed by atoms with Crippen LogP contribution in [0.4, 0.5) is 56.9 Å². The third kappa shape index (κ3) is 13.1. The molecule has 0 unspecified atom stereocenters. The number of fused-ring (bicyclic) bond motifs is 10. The third-order valence-corrected chi connectivity index (χ3v) is 16.5. The Hall–Kier alpha value is -8.24. The fraction of sp³-hybridized carbons (Fsp3) is 0.368. The minimum Gasteiger partial charge on any atom is -0.492 e. The molecule has 0 amide bonds. The number of nitrogens with zero attached hydrogens (tertiary/aromatic N) is 3. The number of hydrogen-bond donors (Lipinski definition) is 2. The van der Waals surface area contributed by atoms with Crippen molar-refractivity contribution in [2.24, 2.45) is 0 Å². The van der Waals surface area contributed by atoms with Gasteiger partial charge in [0, 0.05) is 19.6 Å². The van der Waals surface area contributed by atoms with Crippen LogP contribution in [-0.4, -0.2) is 35.5 Å². The summed E-state index contributed by atoms with van der Waals surface area (Å²) in [6.45, 7) is 35.4. The van der Waals surface area contributed by atoms with Gasteiger partial charge in [0.25, 0.3) is 0 Å². The standard InChI is InChI=1S/C76H93N5O5/c1-72(2,3)52-36-57-67(82-16)58(37-52)78-60-39-54(74(7,8)9)41-62(69(60)84-18)80(47-50-32-26-22-27-33-50)64-43-56(76(13,14)15)45-66(71(64)86-20)81(48-51-34-28-23-29-35-51)65-44-55(75(10,11)12)42-63(70(65)85-19)79(46-49-30-24-21-25-31-49)61-40-53(73(4,5)6)38-59(77-57)68(61)83-17/h21-45,77-78H,46-48H2,1-20H3. The van der Waals surface area contributed by atoms with Crippen LogP contribution in [0.1, 0.15) is 148 Å². The number of hydrogen-bond acceptors (Lipinski definition) is 10.